The second-order valence-corrected chi connectivity index (χ2v) is 9.14. The highest BCUT2D eigenvalue weighted by Gasteiger charge is 2.22. The summed E-state index contributed by atoms with van der Waals surface area (Å²) >= 11 is 5.99. The second kappa shape index (κ2) is 8.77. The highest BCUT2D eigenvalue weighted by atomic mass is 35.5. The number of carbonyl (C=O) groups excluding carboxylic acids is 1. The highest BCUT2D eigenvalue weighted by molar-refractivity contribution is 7.92. The Kier molecular flexibility index (Phi) is 5.89. The number of nitrogens with one attached hydrogen (secondary N) is 1. The first-order chi connectivity index (χ1) is 15.3. The third-order valence-corrected chi connectivity index (χ3v) is 6.66. The number of anilines is 2. The van der Waals surface area contributed by atoms with Gasteiger partial charge in [-0.25, -0.2) is 13.1 Å². The maximum absolute atomic E-state index is 13.1. The summed E-state index contributed by atoms with van der Waals surface area (Å²) in [6.45, 7) is 0. The maximum atomic E-state index is 13.1. The molecule has 1 amide bonds. The number of sulfonamides is 1. The summed E-state index contributed by atoms with van der Waals surface area (Å²) in [6.07, 6.45) is 1.44. The first kappa shape index (κ1) is 21.5. The smallest absolute Gasteiger partial charge is 0.264 e. The van der Waals surface area contributed by atoms with Crippen molar-refractivity contribution in [3.05, 3.63) is 89.7 Å². The van der Waals surface area contributed by atoms with Crippen molar-refractivity contribution in [2.75, 3.05) is 16.7 Å². The summed E-state index contributed by atoms with van der Waals surface area (Å²) in [5.74, 6) is -0.457. The average molecular weight is 469 g/mol. The van der Waals surface area contributed by atoms with E-state index in [0.29, 0.717) is 22.1 Å². The summed E-state index contributed by atoms with van der Waals surface area (Å²) in [4.78, 5) is 12.8. The van der Waals surface area contributed by atoms with E-state index in [4.69, 9.17) is 11.6 Å². The number of rotatable bonds is 6. The Balaban J connectivity index is 1.57. The molecule has 162 valence electrons. The normalized spacial score (nSPS) is 11.2. The van der Waals surface area contributed by atoms with Crippen LogP contribution >= 0.6 is 11.6 Å². The van der Waals surface area contributed by atoms with E-state index >= 15 is 0 Å². The van der Waals surface area contributed by atoms with E-state index in [1.165, 1.54) is 36.3 Å². The fourth-order valence-electron chi connectivity index (χ4n) is 2.98. The van der Waals surface area contributed by atoms with Gasteiger partial charge in [0.05, 0.1) is 16.3 Å². The number of hydrogen-bond acceptors (Lipinski definition) is 6. The molecule has 0 aliphatic heterocycles. The van der Waals surface area contributed by atoms with E-state index in [2.05, 4.69) is 20.8 Å². The van der Waals surface area contributed by atoms with Crippen LogP contribution in [0.2, 0.25) is 5.02 Å². The lowest BCUT2D eigenvalue weighted by molar-refractivity contribution is 0.102. The summed E-state index contributed by atoms with van der Waals surface area (Å²) in [5.41, 5.74) is 1.77. The third kappa shape index (κ3) is 4.46. The molecule has 4 aromatic rings. The molecule has 4 rings (SSSR count). The minimum absolute atomic E-state index is 0.0185. The predicted octanol–water partition coefficient (Wildman–Crippen LogP) is 3.39. The SMILES string of the molecule is CN(c1cccc(Cl)c1)S(=O)(=O)c1cccc(C(=O)Nc2cccc(-n3cnnn3)c2)c1. The van der Waals surface area contributed by atoms with Crippen LogP contribution in [0, 0.1) is 0 Å². The number of halogens is 1. The molecule has 0 bridgehead atoms. The largest absolute Gasteiger partial charge is 0.322 e. The molecule has 1 aromatic heterocycles. The van der Waals surface area contributed by atoms with Crippen LogP contribution in [0.5, 0.6) is 0 Å². The molecule has 1 heterocycles. The Morgan fingerprint density at radius 1 is 1.03 bits per heavy atom. The average Bonchev–Trinajstić information content (AvgIpc) is 3.34. The summed E-state index contributed by atoms with van der Waals surface area (Å²) in [5, 5.41) is 14.2. The van der Waals surface area contributed by atoms with Gasteiger partial charge < -0.3 is 5.32 Å². The van der Waals surface area contributed by atoms with Gasteiger partial charge in [0.1, 0.15) is 6.33 Å². The molecule has 0 unspecified atom stereocenters. The highest BCUT2D eigenvalue weighted by Crippen LogP contribution is 2.25. The number of nitrogens with zero attached hydrogens (tertiary/aromatic N) is 5. The molecule has 32 heavy (non-hydrogen) atoms. The number of tetrazole rings is 1. The topological polar surface area (TPSA) is 110 Å². The fraction of sp³-hybridized carbons (Fsp3) is 0.0476. The van der Waals surface area contributed by atoms with Gasteiger partial charge >= 0.3 is 0 Å². The van der Waals surface area contributed by atoms with Crippen molar-refractivity contribution in [1.29, 1.82) is 0 Å². The zero-order chi connectivity index (χ0) is 22.7. The standard InChI is InChI=1S/C21H17ClN6O3S/c1-27(18-8-3-6-16(22)12-18)32(30,31)20-10-2-5-15(11-20)21(29)24-17-7-4-9-19(13-17)28-14-23-25-26-28/h2-14H,1H3,(H,24,29). The van der Waals surface area contributed by atoms with Gasteiger partial charge in [-0.05, 0) is 65.0 Å². The number of amides is 1. The van der Waals surface area contributed by atoms with Crippen LogP contribution in [0.3, 0.4) is 0 Å². The quantitative estimate of drug-likeness (QED) is 0.464. The lowest BCUT2D eigenvalue weighted by Crippen LogP contribution is -2.26. The zero-order valence-corrected chi connectivity index (χ0v) is 18.3. The molecule has 0 saturated carbocycles. The summed E-state index contributed by atoms with van der Waals surface area (Å²) in [7, 11) is -2.48. The van der Waals surface area contributed by atoms with Gasteiger partial charge in [-0.3, -0.25) is 9.10 Å². The Morgan fingerprint density at radius 3 is 2.56 bits per heavy atom. The van der Waals surface area contributed by atoms with Crippen LogP contribution in [-0.4, -0.2) is 41.6 Å². The van der Waals surface area contributed by atoms with E-state index < -0.39 is 15.9 Å². The molecule has 3 aromatic carbocycles. The molecule has 0 fully saturated rings. The van der Waals surface area contributed by atoms with Crippen molar-refractivity contribution >= 4 is 38.9 Å². The van der Waals surface area contributed by atoms with Crippen molar-refractivity contribution in [2.45, 2.75) is 4.90 Å². The second-order valence-electron chi connectivity index (χ2n) is 6.74. The van der Waals surface area contributed by atoms with Crippen LogP contribution < -0.4 is 9.62 Å². The molecule has 0 spiro atoms. The lowest BCUT2D eigenvalue weighted by Gasteiger charge is -2.20. The Hall–Kier alpha value is -3.76. The van der Waals surface area contributed by atoms with Gasteiger partial charge in [-0.15, -0.1) is 5.10 Å². The molecular weight excluding hydrogens is 452 g/mol. The number of hydrogen-bond donors (Lipinski definition) is 1. The number of carbonyl (C=O) groups is 1. The Morgan fingerprint density at radius 2 is 1.81 bits per heavy atom. The predicted molar refractivity (Wildman–Crippen MR) is 121 cm³/mol. The summed E-state index contributed by atoms with van der Waals surface area (Å²) < 4.78 is 28.7. The maximum Gasteiger partial charge on any atom is 0.264 e. The third-order valence-electron chi connectivity index (χ3n) is 4.64. The number of benzene rings is 3. The molecule has 1 N–H and O–H groups in total. The first-order valence-corrected chi connectivity index (χ1v) is 11.2. The van der Waals surface area contributed by atoms with Gasteiger partial charge in [0.2, 0.25) is 0 Å². The number of aromatic nitrogens is 4. The van der Waals surface area contributed by atoms with E-state index in [1.807, 2.05) is 0 Å². The van der Waals surface area contributed by atoms with Crippen molar-refractivity contribution < 1.29 is 13.2 Å². The minimum atomic E-state index is -3.90. The van der Waals surface area contributed by atoms with E-state index in [0.717, 1.165) is 4.31 Å². The molecule has 0 aliphatic rings. The molecule has 0 aliphatic carbocycles. The Labute approximate surface area is 189 Å². The van der Waals surface area contributed by atoms with E-state index in [1.54, 1.807) is 54.6 Å². The molecule has 0 radical (unpaired) electrons. The van der Waals surface area contributed by atoms with Crippen molar-refractivity contribution in [1.82, 2.24) is 20.2 Å². The minimum Gasteiger partial charge on any atom is -0.322 e. The molecule has 11 heteroatoms. The van der Waals surface area contributed by atoms with Crippen LogP contribution in [0.25, 0.3) is 5.69 Å². The van der Waals surface area contributed by atoms with Crippen molar-refractivity contribution in [3.63, 3.8) is 0 Å². The van der Waals surface area contributed by atoms with Crippen LogP contribution in [0.1, 0.15) is 10.4 Å². The monoisotopic (exact) mass is 468 g/mol. The van der Waals surface area contributed by atoms with E-state index in [-0.39, 0.29) is 10.5 Å². The summed E-state index contributed by atoms with van der Waals surface area (Å²) in [6, 6.07) is 19.3. The van der Waals surface area contributed by atoms with Crippen LogP contribution in [0.15, 0.2) is 84.0 Å². The molecular formula is C21H17ClN6O3S. The van der Waals surface area contributed by atoms with Crippen molar-refractivity contribution in [3.8, 4) is 5.69 Å². The first-order valence-electron chi connectivity index (χ1n) is 9.34. The molecule has 0 saturated heterocycles. The lowest BCUT2D eigenvalue weighted by atomic mass is 10.2. The van der Waals surface area contributed by atoms with Crippen molar-refractivity contribution in [2.24, 2.45) is 0 Å². The fourth-order valence-corrected chi connectivity index (χ4v) is 4.39. The zero-order valence-electron chi connectivity index (χ0n) is 16.8. The molecule has 9 nitrogen and oxygen atoms in total. The van der Waals surface area contributed by atoms with Gasteiger partial charge in [0.25, 0.3) is 15.9 Å². The molecule has 0 atom stereocenters. The van der Waals surface area contributed by atoms with Gasteiger partial charge in [0.15, 0.2) is 0 Å². The Bertz CT molecular complexity index is 1380. The van der Waals surface area contributed by atoms with E-state index in [9.17, 15) is 13.2 Å². The van der Waals surface area contributed by atoms with Crippen LogP contribution in [0.4, 0.5) is 11.4 Å². The van der Waals surface area contributed by atoms with Gasteiger partial charge in [0, 0.05) is 23.3 Å². The van der Waals surface area contributed by atoms with Crippen LogP contribution in [-0.2, 0) is 10.0 Å². The van der Waals surface area contributed by atoms with Gasteiger partial charge in [-0.1, -0.05) is 29.8 Å². The van der Waals surface area contributed by atoms with Gasteiger partial charge in [-0.2, -0.15) is 0 Å².